The molecular weight excluding hydrogens is 486 g/mol. The summed E-state index contributed by atoms with van der Waals surface area (Å²) < 4.78 is 7.02. The van der Waals surface area contributed by atoms with Crippen molar-refractivity contribution in [2.45, 2.75) is 32.9 Å². The number of Topliss-reactive ketones (excluding diaryl/α,β-unsaturated/α-hetero) is 1. The molecule has 3 heterocycles. The van der Waals surface area contributed by atoms with Gasteiger partial charge >= 0.3 is 0 Å². The normalized spacial score (nSPS) is 16.2. The first-order valence-electron chi connectivity index (χ1n) is 11.1. The summed E-state index contributed by atoms with van der Waals surface area (Å²) in [4.78, 5) is 46.9. The predicted octanol–water partition coefficient (Wildman–Crippen LogP) is 5.27. The summed E-state index contributed by atoms with van der Waals surface area (Å²) in [6, 6.07) is 11.5. The van der Waals surface area contributed by atoms with Gasteiger partial charge in [0.25, 0.3) is 11.5 Å². The van der Waals surface area contributed by atoms with Crippen LogP contribution < -0.4 is 15.2 Å². The van der Waals surface area contributed by atoms with Crippen molar-refractivity contribution in [1.29, 1.82) is 0 Å². The highest BCUT2D eigenvalue weighted by atomic mass is 35.5. The molecule has 0 bridgehead atoms. The molecule has 0 saturated heterocycles. The number of amides is 1. The van der Waals surface area contributed by atoms with E-state index >= 15 is 0 Å². The smallest absolute Gasteiger partial charge is 0.267 e. The maximum atomic E-state index is 13.6. The molecule has 2 aromatic carbocycles. The summed E-state index contributed by atoms with van der Waals surface area (Å²) in [7, 11) is 1.65. The number of ketones is 1. The lowest BCUT2D eigenvalue weighted by atomic mass is 10.0. The highest BCUT2D eigenvalue weighted by molar-refractivity contribution is 7.19. The van der Waals surface area contributed by atoms with E-state index in [0.717, 1.165) is 16.0 Å². The highest BCUT2D eigenvalue weighted by Gasteiger charge is 2.30. The lowest BCUT2D eigenvalue weighted by molar-refractivity contribution is -0.125. The number of hydrogen-bond donors (Lipinski definition) is 0. The maximum Gasteiger partial charge on any atom is 0.267 e. The zero-order valence-electron chi connectivity index (χ0n) is 19.5. The fraction of sp³-hybridized carbons (Fsp3) is 0.231. The van der Waals surface area contributed by atoms with E-state index in [0.29, 0.717) is 32.2 Å². The van der Waals surface area contributed by atoms with Gasteiger partial charge in [0.05, 0.1) is 23.4 Å². The summed E-state index contributed by atoms with van der Waals surface area (Å²) in [6.07, 6.45) is 0.835. The molecule has 0 spiro atoms. The molecule has 1 amide bonds. The van der Waals surface area contributed by atoms with Gasteiger partial charge in [-0.15, -0.1) is 11.3 Å². The Morgan fingerprint density at radius 2 is 1.89 bits per heavy atom. The number of aromatic nitrogens is 2. The quantitative estimate of drug-likeness (QED) is 0.351. The Morgan fingerprint density at radius 1 is 1.17 bits per heavy atom. The van der Waals surface area contributed by atoms with Crippen molar-refractivity contribution in [1.82, 2.24) is 9.55 Å². The van der Waals surface area contributed by atoms with Crippen LogP contribution in [-0.2, 0) is 4.79 Å². The molecule has 35 heavy (non-hydrogen) atoms. The Bertz CT molecular complexity index is 1560. The van der Waals surface area contributed by atoms with Crippen molar-refractivity contribution in [2.24, 2.45) is 0 Å². The SMILES string of the molecule is Cc1sc2ncn(C(C)C(=O)c3ccc4c(c3)N(C)C(=O)C(C)O4)c(=O)c2c1-c1ccc(Cl)cc1. The minimum absolute atomic E-state index is 0.191. The number of hydrogen-bond acceptors (Lipinski definition) is 6. The van der Waals surface area contributed by atoms with Gasteiger partial charge in [0.15, 0.2) is 11.9 Å². The van der Waals surface area contributed by atoms with Crippen LogP contribution in [0.4, 0.5) is 5.69 Å². The topological polar surface area (TPSA) is 81.5 Å². The molecule has 2 atom stereocenters. The lowest BCUT2D eigenvalue weighted by Crippen LogP contribution is -2.42. The zero-order valence-corrected chi connectivity index (χ0v) is 21.1. The second kappa shape index (κ2) is 8.62. The van der Waals surface area contributed by atoms with Crippen LogP contribution in [0.2, 0.25) is 5.02 Å². The lowest BCUT2D eigenvalue weighted by Gasteiger charge is -2.30. The number of rotatable bonds is 4. The third-order valence-corrected chi connectivity index (χ3v) is 7.60. The fourth-order valence-corrected chi connectivity index (χ4v) is 5.52. The van der Waals surface area contributed by atoms with Crippen LogP contribution in [0.3, 0.4) is 0 Å². The number of anilines is 1. The van der Waals surface area contributed by atoms with E-state index in [-0.39, 0.29) is 17.2 Å². The van der Waals surface area contributed by atoms with Gasteiger partial charge in [0.1, 0.15) is 10.6 Å². The number of halogens is 1. The monoisotopic (exact) mass is 507 g/mol. The summed E-state index contributed by atoms with van der Waals surface area (Å²) in [5.74, 6) is 0.0736. The number of carbonyl (C=O) groups is 2. The average Bonchev–Trinajstić information content (AvgIpc) is 3.19. The summed E-state index contributed by atoms with van der Waals surface area (Å²) in [5, 5.41) is 1.09. The van der Waals surface area contributed by atoms with Crippen molar-refractivity contribution < 1.29 is 14.3 Å². The Balaban J connectivity index is 1.56. The van der Waals surface area contributed by atoms with E-state index in [1.165, 1.54) is 27.1 Å². The number of thiophene rings is 1. The van der Waals surface area contributed by atoms with Gasteiger partial charge in [-0.05, 0) is 56.7 Å². The molecule has 0 radical (unpaired) electrons. The van der Waals surface area contributed by atoms with E-state index in [1.54, 1.807) is 51.2 Å². The largest absolute Gasteiger partial charge is 0.479 e. The molecule has 0 saturated carbocycles. The Labute approximate surface area is 210 Å². The Kier molecular flexibility index (Phi) is 5.73. The molecule has 178 valence electrons. The van der Waals surface area contributed by atoms with E-state index in [9.17, 15) is 14.4 Å². The second-order valence-electron chi connectivity index (χ2n) is 8.56. The Hall–Kier alpha value is -3.49. The van der Waals surface area contributed by atoms with Gasteiger partial charge in [0, 0.05) is 28.1 Å². The van der Waals surface area contributed by atoms with Crippen molar-refractivity contribution >= 4 is 50.5 Å². The molecule has 5 rings (SSSR count). The Morgan fingerprint density at radius 3 is 2.60 bits per heavy atom. The number of ether oxygens (including phenoxy) is 1. The van der Waals surface area contributed by atoms with Gasteiger partial charge in [-0.1, -0.05) is 23.7 Å². The van der Waals surface area contributed by atoms with Crippen LogP contribution in [-0.4, -0.2) is 34.4 Å². The maximum absolute atomic E-state index is 13.6. The number of aryl methyl sites for hydroxylation is 1. The molecule has 2 unspecified atom stereocenters. The van der Waals surface area contributed by atoms with Crippen LogP contribution in [0, 0.1) is 6.92 Å². The molecule has 0 N–H and O–H groups in total. The van der Waals surface area contributed by atoms with Crippen molar-refractivity contribution in [2.75, 3.05) is 11.9 Å². The van der Waals surface area contributed by atoms with E-state index in [2.05, 4.69) is 4.98 Å². The van der Waals surface area contributed by atoms with Crippen LogP contribution >= 0.6 is 22.9 Å². The summed E-state index contributed by atoms with van der Waals surface area (Å²) in [6.45, 7) is 5.30. The fourth-order valence-electron chi connectivity index (χ4n) is 4.39. The van der Waals surface area contributed by atoms with Gasteiger partial charge in [0.2, 0.25) is 0 Å². The third-order valence-electron chi connectivity index (χ3n) is 6.33. The first-order valence-corrected chi connectivity index (χ1v) is 12.3. The number of likely N-dealkylation sites (N-methyl/N-ethyl adjacent to an activating group) is 1. The molecular formula is C26H22ClN3O4S. The molecule has 0 fully saturated rings. The molecule has 7 nitrogen and oxygen atoms in total. The second-order valence-corrected chi connectivity index (χ2v) is 10.2. The van der Waals surface area contributed by atoms with Crippen molar-refractivity contribution in [3.8, 4) is 16.9 Å². The average molecular weight is 508 g/mol. The number of nitrogens with zero attached hydrogens (tertiary/aromatic N) is 3. The van der Waals surface area contributed by atoms with Gasteiger partial charge < -0.3 is 9.64 Å². The summed E-state index contributed by atoms with van der Waals surface area (Å²) in [5.41, 5.74) is 2.28. The summed E-state index contributed by atoms with van der Waals surface area (Å²) >= 11 is 7.49. The molecule has 4 aromatic rings. The molecule has 2 aromatic heterocycles. The standard InChI is InChI=1S/C26H22ClN3O4S/c1-13(23(31)17-7-10-20-19(11-17)29(4)25(32)14(2)34-20)30-12-28-24-22(26(30)33)21(15(3)35-24)16-5-8-18(27)9-6-16/h5-14H,1-4H3. The van der Waals surface area contributed by atoms with Gasteiger partial charge in [-0.2, -0.15) is 0 Å². The highest BCUT2D eigenvalue weighted by Crippen LogP contribution is 2.37. The van der Waals surface area contributed by atoms with Crippen molar-refractivity contribution in [3.63, 3.8) is 0 Å². The van der Waals surface area contributed by atoms with E-state index in [4.69, 9.17) is 16.3 Å². The third kappa shape index (κ3) is 3.83. The molecule has 9 heteroatoms. The van der Waals surface area contributed by atoms with Crippen LogP contribution in [0.25, 0.3) is 21.3 Å². The molecule has 1 aliphatic rings. The van der Waals surface area contributed by atoms with Crippen LogP contribution in [0.15, 0.2) is 53.6 Å². The van der Waals surface area contributed by atoms with Crippen molar-refractivity contribution in [3.05, 3.63) is 74.6 Å². The number of fused-ring (bicyclic) bond motifs is 2. The minimum Gasteiger partial charge on any atom is -0.479 e. The first-order chi connectivity index (χ1) is 16.7. The predicted molar refractivity (Wildman–Crippen MR) is 138 cm³/mol. The van der Waals surface area contributed by atoms with Gasteiger partial charge in [-0.25, -0.2) is 4.98 Å². The number of carbonyl (C=O) groups excluding carboxylic acids is 2. The minimum atomic E-state index is -0.805. The van der Waals surface area contributed by atoms with Gasteiger partial charge in [-0.3, -0.25) is 19.0 Å². The van der Waals surface area contributed by atoms with E-state index in [1.807, 2.05) is 19.1 Å². The first kappa shape index (κ1) is 23.3. The molecule has 0 aliphatic carbocycles. The van der Waals surface area contributed by atoms with E-state index < -0.39 is 12.1 Å². The zero-order chi connectivity index (χ0) is 25.0. The number of benzene rings is 2. The van der Waals surface area contributed by atoms with Crippen LogP contribution in [0.1, 0.15) is 35.1 Å². The molecule has 1 aliphatic heterocycles. The van der Waals surface area contributed by atoms with Crippen LogP contribution in [0.5, 0.6) is 5.75 Å².